The van der Waals surface area contributed by atoms with E-state index >= 15 is 0 Å². The summed E-state index contributed by atoms with van der Waals surface area (Å²) in [5, 5.41) is 11.7. The molecule has 2 rings (SSSR count). The molecule has 1 aliphatic heterocycles. The second-order valence-corrected chi connectivity index (χ2v) is 4.65. The van der Waals surface area contributed by atoms with Crippen molar-refractivity contribution in [3.63, 3.8) is 0 Å². The molecule has 1 aromatic rings. The van der Waals surface area contributed by atoms with Crippen LogP contribution < -0.4 is 14.8 Å². The molecule has 0 atom stereocenters. The van der Waals surface area contributed by atoms with Gasteiger partial charge in [-0.3, -0.25) is 10.3 Å². The van der Waals surface area contributed by atoms with Crippen LogP contribution in [0.2, 0.25) is 0 Å². The quantitative estimate of drug-likeness (QED) is 0.395. The Hall–Kier alpha value is -1.87. The van der Waals surface area contributed by atoms with E-state index in [1.807, 2.05) is 30.6 Å². The van der Waals surface area contributed by atoms with Gasteiger partial charge in [0.2, 0.25) is 0 Å². The van der Waals surface area contributed by atoms with Gasteiger partial charge < -0.3 is 9.47 Å². The van der Waals surface area contributed by atoms with Gasteiger partial charge in [0, 0.05) is 6.54 Å². The van der Waals surface area contributed by atoms with Crippen LogP contribution >= 0.6 is 11.8 Å². The Kier molecular flexibility index (Phi) is 4.93. The SMILES string of the molecule is CSC(=NCCc1ccc2c(c1)OCCO2)NC#N. The number of thioether (sulfide) groups is 1. The lowest BCUT2D eigenvalue weighted by Crippen LogP contribution is -2.15. The van der Waals surface area contributed by atoms with Crippen molar-refractivity contribution in [1.29, 1.82) is 5.26 Å². The van der Waals surface area contributed by atoms with Crippen LogP contribution in [0.4, 0.5) is 0 Å². The van der Waals surface area contributed by atoms with Crippen molar-refractivity contribution in [3.05, 3.63) is 23.8 Å². The topological polar surface area (TPSA) is 66.6 Å². The molecular formula is C13H15N3O2S. The van der Waals surface area contributed by atoms with Crippen molar-refractivity contribution < 1.29 is 9.47 Å². The van der Waals surface area contributed by atoms with Gasteiger partial charge in [0.15, 0.2) is 22.9 Å². The Bertz CT molecular complexity index is 511. The zero-order valence-corrected chi connectivity index (χ0v) is 11.5. The highest BCUT2D eigenvalue weighted by atomic mass is 32.2. The van der Waals surface area contributed by atoms with Gasteiger partial charge in [0.05, 0.1) is 0 Å². The zero-order valence-electron chi connectivity index (χ0n) is 10.7. The third-order valence-electron chi connectivity index (χ3n) is 2.62. The number of aliphatic imine (C=N–C) groups is 1. The van der Waals surface area contributed by atoms with Crippen LogP contribution in [0.3, 0.4) is 0 Å². The van der Waals surface area contributed by atoms with E-state index in [1.165, 1.54) is 11.8 Å². The normalized spacial score (nSPS) is 13.8. The molecule has 1 aromatic carbocycles. The number of rotatable bonds is 3. The molecule has 0 saturated heterocycles. The molecule has 1 N–H and O–H groups in total. The Balaban J connectivity index is 1.95. The predicted molar refractivity (Wildman–Crippen MR) is 75.7 cm³/mol. The average molecular weight is 277 g/mol. The summed E-state index contributed by atoms with van der Waals surface area (Å²) in [6.45, 7) is 1.83. The highest BCUT2D eigenvalue weighted by Gasteiger charge is 2.11. The molecule has 0 fully saturated rings. The van der Waals surface area contributed by atoms with E-state index in [0.29, 0.717) is 24.9 Å². The van der Waals surface area contributed by atoms with Gasteiger partial charge >= 0.3 is 0 Å². The van der Waals surface area contributed by atoms with Crippen molar-refractivity contribution in [2.24, 2.45) is 4.99 Å². The van der Waals surface area contributed by atoms with Crippen LogP contribution in [-0.4, -0.2) is 31.2 Å². The number of nitrogens with zero attached hydrogens (tertiary/aromatic N) is 2. The Morgan fingerprint density at radius 3 is 2.95 bits per heavy atom. The Morgan fingerprint density at radius 1 is 1.42 bits per heavy atom. The third kappa shape index (κ3) is 3.80. The van der Waals surface area contributed by atoms with E-state index in [2.05, 4.69) is 10.3 Å². The Labute approximate surface area is 116 Å². The average Bonchev–Trinajstić information content (AvgIpc) is 2.46. The minimum Gasteiger partial charge on any atom is -0.486 e. The van der Waals surface area contributed by atoms with Gasteiger partial charge in [-0.1, -0.05) is 17.8 Å². The molecular weight excluding hydrogens is 262 g/mol. The molecule has 0 aromatic heterocycles. The second-order valence-electron chi connectivity index (χ2n) is 3.86. The van der Waals surface area contributed by atoms with Crippen molar-refractivity contribution >= 4 is 16.9 Å². The summed E-state index contributed by atoms with van der Waals surface area (Å²) < 4.78 is 11.0. The van der Waals surface area contributed by atoms with Gasteiger partial charge in [0.1, 0.15) is 13.2 Å². The molecule has 6 heteroatoms. The van der Waals surface area contributed by atoms with E-state index in [4.69, 9.17) is 14.7 Å². The molecule has 1 aliphatic rings. The van der Waals surface area contributed by atoms with E-state index in [0.717, 1.165) is 23.5 Å². The summed E-state index contributed by atoms with van der Waals surface area (Å²) in [6, 6.07) is 5.93. The fourth-order valence-corrected chi connectivity index (χ4v) is 2.10. The first-order chi connectivity index (χ1) is 9.33. The number of fused-ring (bicyclic) bond motifs is 1. The van der Waals surface area contributed by atoms with Gasteiger partial charge in [-0.15, -0.1) is 0 Å². The summed E-state index contributed by atoms with van der Waals surface area (Å²) in [5.74, 6) is 1.60. The number of nitriles is 1. The third-order valence-corrected chi connectivity index (χ3v) is 3.24. The van der Waals surface area contributed by atoms with E-state index in [-0.39, 0.29) is 0 Å². The smallest absolute Gasteiger partial charge is 0.183 e. The number of amidine groups is 1. The first-order valence-corrected chi connectivity index (χ1v) is 7.18. The number of hydrogen-bond donors (Lipinski definition) is 1. The minimum absolute atomic E-state index is 0.595. The highest BCUT2D eigenvalue weighted by Crippen LogP contribution is 2.30. The van der Waals surface area contributed by atoms with E-state index in [9.17, 15) is 0 Å². The molecule has 0 unspecified atom stereocenters. The zero-order chi connectivity index (χ0) is 13.5. The lowest BCUT2D eigenvalue weighted by atomic mass is 10.1. The molecule has 1 heterocycles. The summed E-state index contributed by atoms with van der Waals surface area (Å²) in [5.41, 5.74) is 1.14. The Morgan fingerprint density at radius 2 is 2.21 bits per heavy atom. The molecule has 0 saturated carbocycles. The fourth-order valence-electron chi connectivity index (χ4n) is 1.73. The van der Waals surface area contributed by atoms with Crippen LogP contribution in [0.25, 0.3) is 0 Å². The molecule has 0 amide bonds. The summed E-state index contributed by atoms with van der Waals surface area (Å²) in [6.07, 6.45) is 4.55. The van der Waals surface area contributed by atoms with Gasteiger partial charge in [-0.2, -0.15) is 5.26 Å². The maximum absolute atomic E-state index is 8.53. The van der Waals surface area contributed by atoms with Gasteiger partial charge in [0.25, 0.3) is 0 Å². The van der Waals surface area contributed by atoms with Crippen LogP contribution in [0.15, 0.2) is 23.2 Å². The highest BCUT2D eigenvalue weighted by molar-refractivity contribution is 8.13. The minimum atomic E-state index is 0.595. The van der Waals surface area contributed by atoms with Gasteiger partial charge in [-0.25, -0.2) is 0 Å². The number of hydrogen-bond acceptors (Lipinski definition) is 5. The maximum Gasteiger partial charge on any atom is 0.183 e. The largest absolute Gasteiger partial charge is 0.486 e. The molecule has 0 aliphatic carbocycles. The predicted octanol–water partition coefficient (Wildman–Crippen LogP) is 1.79. The first kappa shape index (κ1) is 13.6. The molecule has 0 spiro atoms. The molecule has 100 valence electrons. The lowest BCUT2D eigenvalue weighted by molar-refractivity contribution is 0.171. The van der Waals surface area contributed by atoms with E-state index in [1.54, 1.807) is 0 Å². The molecule has 0 bridgehead atoms. The second kappa shape index (κ2) is 6.90. The van der Waals surface area contributed by atoms with Crippen LogP contribution in [0, 0.1) is 11.5 Å². The lowest BCUT2D eigenvalue weighted by Gasteiger charge is -2.18. The van der Waals surface area contributed by atoms with Crippen LogP contribution in [0.1, 0.15) is 5.56 Å². The van der Waals surface area contributed by atoms with Gasteiger partial charge in [-0.05, 0) is 30.4 Å². The maximum atomic E-state index is 8.53. The number of nitrogens with one attached hydrogen (secondary N) is 1. The fraction of sp³-hybridized carbons (Fsp3) is 0.385. The van der Waals surface area contributed by atoms with Crippen LogP contribution in [-0.2, 0) is 6.42 Å². The summed E-state index contributed by atoms with van der Waals surface area (Å²) in [7, 11) is 0. The van der Waals surface area contributed by atoms with Crippen molar-refractivity contribution in [1.82, 2.24) is 5.32 Å². The molecule has 0 radical (unpaired) electrons. The van der Waals surface area contributed by atoms with Crippen molar-refractivity contribution in [2.75, 3.05) is 26.0 Å². The molecule has 19 heavy (non-hydrogen) atoms. The monoisotopic (exact) mass is 277 g/mol. The standard InChI is InChI=1S/C13H15N3O2S/c1-19-13(16-9-14)15-5-4-10-2-3-11-12(8-10)18-7-6-17-11/h2-3,8H,4-7H2,1H3,(H,15,16). The summed E-state index contributed by atoms with van der Waals surface area (Å²) >= 11 is 1.42. The van der Waals surface area contributed by atoms with Crippen molar-refractivity contribution in [3.8, 4) is 17.7 Å². The summed E-state index contributed by atoms with van der Waals surface area (Å²) in [4.78, 5) is 4.31. The van der Waals surface area contributed by atoms with Crippen molar-refractivity contribution in [2.45, 2.75) is 6.42 Å². The number of ether oxygens (including phenoxy) is 2. The molecule has 5 nitrogen and oxygen atoms in total. The number of benzene rings is 1. The first-order valence-electron chi connectivity index (χ1n) is 5.95. The van der Waals surface area contributed by atoms with Crippen LogP contribution in [0.5, 0.6) is 11.5 Å². The van der Waals surface area contributed by atoms with E-state index < -0.39 is 0 Å².